The van der Waals surface area contributed by atoms with Crippen LogP contribution in [0.25, 0.3) is 0 Å². The van der Waals surface area contributed by atoms with Crippen LogP contribution in [0.1, 0.15) is 32.4 Å². The van der Waals surface area contributed by atoms with E-state index in [1.54, 1.807) is 0 Å². The number of nitrogens with zero attached hydrogens (tertiary/aromatic N) is 1. The molecule has 4 heteroatoms. The summed E-state index contributed by atoms with van der Waals surface area (Å²) >= 11 is 3.66. The van der Waals surface area contributed by atoms with Crippen molar-refractivity contribution < 1.29 is 4.74 Å². The highest BCUT2D eigenvalue weighted by molar-refractivity contribution is 9.10. The lowest BCUT2D eigenvalue weighted by molar-refractivity contribution is -0.0767. The number of benzene rings is 1. The van der Waals surface area contributed by atoms with Gasteiger partial charge in [-0.25, -0.2) is 0 Å². The first-order valence-corrected chi connectivity index (χ1v) is 7.57. The topological polar surface area (TPSA) is 38.5 Å². The number of hydrogen-bond acceptors (Lipinski definition) is 3. The van der Waals surface area contributed by atoms with E-state index in [0.717, 1.165) is 24.2 Å². The number of rotatable bonds is 3. The van der Waals surface area contributed by atoms with E-state index in [-0.39, 0.29) is 17.6 Å². The zero-order valence-corrected chi connectivity index (χ0v) is 13.5. The van der Waals surface area contributed by atoms with Crippen molar-refractivity contribution in [3.05, 3.63) is 34.3 Å². The SMILES string of the molecule is CC(N)C(c1ccccc1Br)N1CCOCC1(C)C. The Balaban J connectivity index is 2.38. The molecule has 1 aromatic rings. The highest BCUT2D eigenvalue weighted by atomic mass is 79.9. The summed E-state index contributed by atoms with van der Waals surface area (Å²) in [6.45, 7) is 8.96. The Hall–Kier alpha value is -0.420. The lowest BCUT2D eigenvalue weighted by atomic mass is 9.92. The van der Waals surface area contributed by atoms with Gasteiger partial charge in [0.15, 0.2) is 0 Å². The molecule has 106 valence electrons. The molecule has 1 saturated heterocycles. The van der Waals surface area contributed by atoms with Gasteiger partial charge < -0.3 is 10.5 Å². The molecular formula is C15H23BrN2O. The van der Waals surface area contributed by atoms with Crippen molar-refractivity contribution in [1.29, 1.82) is 0 Å². The van der Waals surface area contributed by atoms with Crippen LogP contribution in [-0.4, -0.2) is 36.2 Å². The van der Waals surface area contributed by atoms with Gasteiger partial charge in [-0.3, -0.25) is 4.90 Å². The molecular weight excluding hydrogens is 304 g/mol. The summed E-state index contributed by atoms with van der Waals surface area (Å²) in [4.78, 5) is 2.47. The predicted molar refractivity (Wildman–Crippen MR) is 82.1 cm³/mol. The summed E-state index contributed by atoms with van der Waals surface area (Å²) in [5.74, 6) is 0. The summed E-state index contributed by atoms with van der Waals surface area (Å²) in [5.41, 5.74) is 7.55. The van der Waals surface area contributed by atoms with Crippen LogP contribution in [0.4, 0.5) is 0 Å². The first kappa shape index (κ1) is 15.0. The third-order valence-corrected chi connectivity index (χ3v) is 4.49. The quantitative estimate of drug-likeness (QED) is 0.928. The smallest absolute Gasteiger partial charge is 0.0645 e. The minimum absolute atomic E-state index is 0.00578. The van der Waals surface area contributed by atoms with Crippen LogP contribution < -0.4 is 5.73 Å². The fourth-order valence-electron chi connectivity index (χ4n) is 2.84. The Morgan fingerprint density at radius 2 is 2.05 bits per heavy atom. The molecule has 1 aromatic carbocycles. The first-order valence-electron chi connectivity index (χ1n) is 6.78. The van der Waals surface area contributed by atoms with Gasteiger partial charge >= 0.3 is 0 Å². The van der Waals surface area contributed by atoms with Crippen LogP contribution >= 0.6 is 15.9 Å². The normalized spacial score (nSPS) is 23.0. The second kappa shape index (κ2) is 5.92. The van der Waals surface area contributed by atoms with Crippen LogP contribution in [0.5, 0.6) is 0 Å². The van der Waals surface area contributed by atoms with Crippen molar-refractivity contribution in [3.8, 4) is 0 Å². The van der Waals surface area contributed by atoms with E-state index in [0.29, 0.717) is 0 Å². The molecule has 1 aliphatic rings. The fourth-order valence-corrected chi connectivity index (χ4v) is 3.36. The molecule has 2 unspecified atom stereocenters. The summed E-state index contributed by atoms with van der Waals surface area (Å²) in [6, 6.07) is 8.62. The van der Waals surface area contributed by atoms with Gasteiger partial charge in [0.2, 0.25) is 0 Å². The lowest BCUT2D eigenvalue weighted by Crippen LogP contribution is -2.57. The lowest BCUT2D eigenvalue weighted by Gasteiger charge is -2.48. The molecule has 2 N–H and O–H groups in total. The average molecular weight is 327 g/mol. The van der Waals surface area contributed by atoms with Crippen molar-refractivity contribution in [3.63, 3.8) is 0 Å². The van der Waals surface area contributed by atoms with Crippen molar-refractivity contribution in [2.24, 2.45) is 5.73 Å². The van der Waals surface area contributed by atoms with Gasteiger partial charge in [0.25, 0.3) is 0 Å². The summed E-state index contributed by atoms with van der Waals surface area (Å²) in [5, 5.41) is 0. The molecule has 0 aromatic heterocycles. The van der Waals surface area contributed by atoms with Crippen molar-refractivity contribution in [2.75, 3.05) is 19.8 Å². The second-order valence-electron chi connectivity index (χ2n) is 5.88. The number of hydrogen-bond donors (Lipinski definition) is 1. The van der Waals surface area contributed by atoms with E-state index in [4.69, 9.17) is 10.5 Å². The van der Waals surface area contributed by atoms with E-state index >= 15 is 0 Å². The van der Waals surface area contributed by atoms with E-state index in [1.807, 2.05) is 6.07 Å². The molecule has 0 radical (unpaired) electrons. The third kappa shape index (κ3) is 3.19. The Labute approximate surface area is 124 Å². The standard InChI is InChI=1S/C15H23BrN2O/c1-11(17)14(12-6-4-5-7-13(12)16)18-8-9-19-10-15(18,2)3/h4-7,11,14H,8-10,17H2,1-3H3. The van der Waals surface area contributed by atoms with Gasteiger partial charge in [0, 0.05) is 22.6 Å². The van der Waals surface area contributed by atoms with E-state index in [1.165, 1.54) is 5.56 Å². The molecule has 1 fully saturated rings. The fraction of sp³-hybridized carbons (Fsp3) is 0.600. The zero-order valence-electron chi connectivity index (χ0n) is 11.9. The maximum absolute atomic E-state index is 6.29. The molecule has 0 bridgehead atoms. The van der Waals surface area contributed by atoms with E-state index in [9.17, 15) is 0 Å². The molecule has 0 spiro atoms. The van der Waals surface area contributed by atoms with Crippen molar-refractivity contribution in [2.45, 2.75) is 38.4 Å². The van der Waals surface area contributed by atoms with E-state index < -0.39 is 0 Å². The Morgan fingerprint density at radius 1 is 1.37 bits per heavy atom. The van der Waals surface area contributed by atoms with Gasteiger partial charge in [-0.2, -0.15) is 0 Å². The highest BCUT2D eigenvalue weighted by Crippen LogP contribution is 2.35. The monoisotopic (exact) mass is 326 g/mol. The highest BCUT2D eigenvalue weighted by Gasteiger charge is 2.38. The van der Waals surface area contributed by atoms with Gasteiger partial charge in [-0.15, -0.1) is 0 Å². The first-order chi connectivity index (χ1) is 8.93. The number of halogens is 1. The van der Waals surface area contributed by atoms with Gasteiger partial charge in [-0.1, -0.05) is 34.1 Å². The molecule has 1 heterocycles. The van der Waals surface area contributed by atoms with Gasteiger partial charge in [0.1, 0.15) is 0 Å². The predicted octanol–water partition coefficient (Wildman–Crippen LogP) is 2.95. The zero-order chi connectivity index (χ0) is 14.0. The average Bonchev–Trinajstić information content (AvgIpc) is 2.33. The Kier molecular flexibility index (Phi) is 4.66. The largest absolute Gasteiger partial charge is 0.378 e. The molecule has 2 rings (SSSR count). The molecule has 0 aliphatic carbocycles. The van der Waals surface area contributed by atoms with Gasteiger partial charge in [-0.05, 0) is 32.4 Å². The van der Waals surface area contributed by atoms with Crippen LogP contribution in [0.3, 0.4) is 0 Å². The maximum Gasteiger partial charge on any atom is 0.0645 e. The van der Waals surface area contributed by atoms with Crippen molar-refractivity contribution >= 4 is 15.9 Å². The molecule has 19 heavy (non-hydrogen) atoms. The van der Waals surface area contributed by atoms with E-state index in [2.05, 4.69) is 59.8 Å². The Morgan fingerprint density at radius 3 is 2.63 bits per heavy atom. The van der Waals surface area contributed by atoms with Crippen LogP contribution in [0.15, 0.2) is 28.7 Å². The third-order valence-electron chi connectivity index (χ3n) is 3.77. The summed E-state index contributed by atoms with van der Waals surface area (Å²) < 4.78 is 6.74. The number of nitrogens with two attached hydrogens (primary N) is 1. The minimum Gasteiger partial charge on any atom is -0.378 e. The maximum atomic E-state index is 6.29. The number of ether oxygens (including phenoxy) is 1. The second-order valence-corrected chi connectivity index (χ2v) is 6.74. The molecule has 2 atom stereocenters. The molecule has 0 saturated carbocycles. The van der Waals surface area contributed by atoms with Crippen LogP contribution in [-0.2, 0) is 4.74 Å². The van der Waals surface area contributed by atoms with Gasteiger partial charge in [0.05, 0.1) is 19.3 Å². The number of morpholine rings is 1. The van der Waals surface area contributed by atoms with Crippen LogP contribution in [0.2, 0.25) is 0 Å². The summed E-state index contributed by atoms with van der Waals surface area (Å²) in [6.07, 6.45) is 0. The molecule has 0 amide bonds. The van der Waals surface area contributed by atoms with Crippen molar-refractivity contribution in [1.82, 2.24) is 4.90 Å². The summed E-state index contributed by atoms with van der Waals surface area (Å²) in [7, 11) is 0. The minimum atomic E-state index is 0.00578. The molecule has 1 aliphatic heterocycles. The Bertz CT molecular complexity index is 434. The molecule has 3 nitrogen and oxygen atoms in total. The van der Waals surface area contributed by atoms with Crippen LogP contribution in [0, 0.1) is 0 Å².